The number of ketones is 1. The summed E-state index contributed by atoms with van der Waals surface area (Å²) in [6.45, 7) is 0. The third-order valence-corrected chi connectivity index (χ3v) is 3.38. The van der Waals surface area contributed by atoms with Crippen molar-refractivity contribution in [3.8, 4) is 0 Å². The lowest BCUT2D eigenvalue weighted by atomic mass is 10.0. The Morgan fingerprint density at radius 2 is 2.21 bits per heavy atom. The highest BCUT2D eigenvalue weighted by Gasteiger charge is 2.19. The summed E-state index contributed by atoms with van der Waals surface area (Å²) in [7, 11) is 0. The van der Waals surface area contributed by atoms with Gasteiger partial charge in [-0.1, -0.05) is 11.6 Å². The normalized spacial score (nSPS) is 16.3. The molecule has 2 rings (SSSR count). The van der Waals surface area contributed by atoms with E-state index >= 15 is 0 Å². The molecule has 1 nitrogen and oxygen atoms in total. The van der Waals surface area contributed by atoms with Gasteiger partial charge in [-0.25, -0.2) is 4.39 Å². The minimum atomic E-state index is -0.366. The molecular formula is C10H8ClFOS. The molecule has 0 fully saturated rings. The van der Waals surface area contributed by atoms with Crippen molar-refractivity contribution in [2.75, 3.05) is 5.75 Å². The van der Waals surface area contributed by atoms with Crippen molar-refractivity contribution >= 4 is 29.1 Å². The largest absolute Gasteiger partial charge is 0.294 e. The number of Topliss-reactive ketones (excluding diaryl/α,β-unsaturated/α-hetero) is 1. The van der Waals surface area contributed by atoms with E-state index in [1.54, 1.807) is 17.8 Å². The highest BCUT2D eigenvalue weighted by Crippen LogP contribution is 2.28. The molecule has 0 amide bonds. The number of fused-ring (bicyclic) bond motifs is 1. The van der Waals surface area contributed by atoms with Crippen LogP contribution in [0.15, 0.2) is 12.1 Å². The van der Waals surface area contributed by atoms with Crippen molar-refractivity contribution in [2.45, 2.75) is 12.2 Å². The Kier molecular flexibility index (Phi) is 2.79. The highest BCUT2D eigenvalue weighted by molar-refractivity contribution is 7.98. The Bertz CT molecular complexity index is 392. The van der Waals surface area contributed by atoms with Crippen molar-refractivity contribution in [2.24, 2.45) is 0 Å². The van der Waals surface area contributed by atoms with Crippen LogP contribution in [0, 0.1) is 5.82 Å². The number of carbonyl (C=O) groups excluding carboxylic acids is 1. The molecule has 74 valence electrons. The van der Waals surface area contributed by atoms with Crippen LogP contribution in [0.2, 0.25) is 5.02 Å². The van der Waals surface area contributed by atoms with E-state index in [1.807, 2.05) is 0 Å². The maximum atomic E-state index is 13.4. The monoisotopic (exact) mass is 230 g/mol. The SMILES string of the molecule is O=C1CCSCc2c(F)cc(Cl)cc21. The van der Waals surface area contributed by atoms with Crippen LogP contribution in [-0.2, 0) is 5.75 Å². The maximum Gasteiger partial charge on any atom is 0.164 e. The van der Waals surface area contributed by atoms with Crippen LogP contribution in [-0.4, -0.2) is 11.5 Å². The molecule has 1 heterocycles. The molecule has 0 aliphatic carbocycles. The lowest BCUT2D eigenvalue weighted by Gasteiger charge is -2.05. The van der Waals surface area contributed by atoms with Crippen LogP contribution >= 0.6 is 23.4 Å². The van der Waals surface area contributed by atoms with E-state index in [2.05, 4.69) is 0 Å². The second kappa shape index (κ2) is 3.91. The van der Waals surface area contributed by atoms with Crippen molar-refractivity contribution in [3.05, 3.63) is 34.1 Å². The van der Waals surface area contributed by atoms with Crippen molar-refractivity contribution in [1.29, 1.82) is 0 Å². The number of carbonyl (C=O) groups is 1. The maximum absolute atomic E-state index is 13.4. The summed E-state index contributed by atoms with van der Waals surface area (Å²) in [6.07, 6.45) is 0.470. The van der Waals surface area contributed by atoms with E-state index in [-0.39, 0.29) is 11.6 Å². The molecule has 1 aliphatic heterocycles. The molecule has 1 aliphatic rings. The molecule has 1 aromatic carbocycles. The first-order valence-electron chi connectivity index (χ1n) is 4.27. The zero-order valence-electron chi connectivity index (χ0n) is 7.35. The number of benzene rings is 1. The van der Waals surface area contributed by atoms with Gasteiger partial charge in [0, 0.05) is 34.1 Å². The summed E-state index contributed by atoms with van der Waals surface area (Å²) in [5.74, 6) is 0.941. The second-order valence-corrected chi connectivity index (χ2v) is 4.68. The van der Waals surface area contributed by atoms with Crippen LogP contribution in [0.25, 0.3) is 0 Å². The highest BCUT2D eigenvalue weighted by atomic mass is 35.5. The summed E-state index contributed by atoms with van der Waals surface area (Å²) in [4.78, 5) is 11.6. The van der Waals surface area contributed by atoms with Crippen LogP contribution in [0.3, 0.4) is 0 Å². The Morgan fingerprint density at radius 1 is 1.43 bits per heavy atom. The lowest BCUT2D eigenvalue weighted by Crippen LogP contribution is -2.03. The molecule has 0 spiro atoms. The first-order chi connectivity index (χ1) is 6.68. The molecule has 0 bridgehead atoms. The second-order valence-electron chi connectivity index (χ2n) is 3.14. The summed E-state index contributed by atoms with van der Waals surface area (Å²) >= 11 is 7.28. The predicted octanol–water partition coefficient (Wildman–Crippen LogP) is 3.30. The van der Waals surface area contributed by atoms with E-state index in [9.17, 15) is 9.18 Å². The molecule has 1 aromatic rings. The first-order valence-corrected chi connectivity index (χ1v) is 5.80. The molecular weight excluding hydrogens is 223 g/mol. The van der Waals surface area contributed by atoms with Gasteiger partial charge in [-0.3, -0.25) is 4.79 Å². The van der Waals surface area contributed by atoms with Gasteiger partial charge >= 0.3 is 0 Å². The zero-order valence-corrected chi connectivity index (χ0v) is 8.92. The summed E-state index contributed by atoms with van der Waals surface area (Å²) in [6, 6.07) is 2.83. The topological polar surface area (TPSA) is 17.1 Å². The molecule has 4 heteroatoms. The van der Waals surface area contributed by atoms with Gasteiger partial charge in [-0.15, -0.1) is 0 Å². The molecule has 14 heavy (non-hydrogen) atoms. The summed E-state index contributed by atoms with van der Waals surface area (Å²) in [5.41, 5.74) is 0.960. The molecule has 0 saturated heterocycles. The average molecular weight is 231 g/mol. The van der Waals surface area contributed by atoms with Crippen molar-refractivity contribution < 1.29 is 9.18 Å². The summed E-state index contributed by atoms with van der Waals surface area (Å²) in [5, 5.41) is 0.293. The van der Waals surface area contributed by atoms with Crippen LogP contribution in [0.4, 0.5) is 4.39 Å². The van der Waals surface area contributed by atoms with E-state index in [0.717, 1.165) is 5.75 Å². The van der Waals surface area contributed by atoms with Crippen LogP contribution in [0.5, 0.6) is 0 Å². The van der Waals surface area contributed by atoms with Gasteiger partial charge in [0.2, 0.25) is 0 Å². The Labute approximate surface area is 90.6 Å². The fourth-order valence-electron chi connectivity index (χ4n) is 1.47. The molecule has 0 saturated carbocycles. The molecule has 0 N–H and O–H groups in total. The van der Waals surface area contributed by atoms with Crippen molar-refractivity contribution in [1.82, 2.24) is 0 Å². The minimum absolute atomic E-state index is 0.00796. The van der Waals surface area contributed by atoms with Gasteiger partial charge in [0.05, 0.1) is 0 Å². The Morgan fingerprint density at radius 3 is 3.00 bits per heavy atom. The van der Waals surface area contributed by atoms with E-state index < -0.39 is 0 Å². The Hall–Kier alpha value is -0.540. The fourth-order valence-corrected chi connectivity index (χ4v) is 2.65. The first kappa shape index (κ1) is 9.99. The standard InChI is InChI=1S/C10H8ClFOS/c11-6-3-7-8(9(12)4-6)5-14-2-1-10(7)13/h3-4H,1-2,5H2. The van der Waals surface area contributed by atoms with Crippen molar-refractivity contribution in [3.63, 3.8) is 0 Å². The average Bonchev–Trinajstić information content (AvgIpc) is 2.29. The molecule has 0 aromatic heterocycles. The van der Waals surface area contributed by atoms with Crippen LogP contribution < -0.4 is 0 Å². The lowest BCUT2D eigenvalue weighted by molar-refractivity contribution is 0.0989. The number of thioether (sulfide) groups is 1. The molecule has 0 radical (unpaired) electrons. The number of halogens is 2. The number of hydrogen-bond donors (Lipinski definition) is 0. The third kappa shape index (κ3) is 1.79. The van der Waals surface area contributed by atoms with Crippen LogP contribution in [0.1, 0.15) is 22.3 Å². The third-order valence-electron chi connectivity index (χ3n) is 2.18. The van der Waals surface area contributed by atoms with Gasteiger partial charge in [0.1, 0.15) is 5.82 Å². The predicted molar refractivity (Wildman–Crippen MR) is 56.5 cm³/mol. The van der Waals surface area contributed by atoms with Gasteiger partial charge in [-0.2, -0.15) is 11.8 Å². The number of hydrogen-bond acceptors (Lipinski definition) is 2. The van der Waals surface area contributed by atoms with Gasteiger partial charge in [-0.05, 0) is 12.1 Å². The quantitative estimate of drug-likeness (QED) is 0.680. The van der Waals surface area contributed by atoms with E-state index in [0.29, 0.717) is 28.3 Å². The molecule has 0 atom stereocenters. The van der Waals surface area contributed by atoms with E-state index in [4.69, 9.17) is 11.6 Å². The van der Waals surface area contributed by atoms with E-state index in [1.165, 1.54) is 6.07 Å². The molecule has 0 unspecified atom stereocenters. The number of rotatable bonds is 0. The fraction of sp³-hybridized carbons (Fsp3) is 0.300. The summed E-state index contributed by atoms with van der Waals surface area (Å²) < 4.78 is 13.4. The van der Waals surface area contributed by atoms with Gasteiger partial charge < -0.3 is 0 Å². The Balaban J connectivity index is 2.58. The minimum Gasteiger partial charge on any atom is -0.294 e. The van der Waals surface area contributed by atoms with Gasteiger partial charge in [0.25, 0.3) is 0 Å². The van der Waals surface area contributed by atoms with Gasteiger partial charge in [0.15, 0.2) is 5.78 Å². The zero-order chi connectivity index (χ0) is 10.1. The smallest absolute Gasteiger partial charge is 0.164 e.